The molecule has 58 valence electrons. The Labute approximate surface area is 74.9 Å². The van der Waals surface area contributed by atoms with E-state index in [0.717, 1.165) is 4.47 Å². The van der Waals surface area contributed by atoms with Gasteiger partial charge in [-0.05, 0) is 30.7 Å². The number of hydrogen-bond acceptors (Lipinski definition) is 1. The van der Waals surface area contributed by atoms with Gasteiger partial charge in [0.05, 0.1) is 0 Å². The molecule has 0 radical (unpaired) electrons. The lowest BCUT2D eigenvalue weighted by molar-refractivity contribution is 0.383. The Morgan fingerprint density at radius 3 is 2.36 bits per heavy atom. The van der Waals surface area contributed by atoms with E-state index in [4.69, 9.17) is 0 Å². The van der Waals surface area contributed by atoms with E-state index in [2.05, 4.69) is 45.5 Å². The molecule has 1 heterocycles. The molecular weight excluding hydrogens is 202 g/mol. The third-order valence-electron chi connectivity index (χ3n) is 2.10. The maximum Gasteiger partial charge on any atom is 0.0332 e. The minimum absolute atomic E-state index is 0.614. The quantitative estimate of drug-likeness (QED) is 0.753. The molecule has 1 atom stereocenters. The molecular formula is C9H10BrN. The maximum atomic E-state index is 3.41. The van der Waals surface area contributed by atoms with Crippen LogP contribution >= 0.6 is 15.9 Å². The second-order valence-corrected chi connectivity index (χ2v) is 3.76. The molecule has 1 aromatic carbocycles. The van der Waals surface area contributed by atoms with Crippen LogP contribution in [-0.4, -0.2) is 6.54 Å². The molecule has 11 heavy (non-hydrogen) atoms. The summed E-state index contributed by atoms with van der Waals surface area (Å²) in [5.41, 5.74) is 1.40. The smallest absolute Gasteiger partial charge is 0.0332 e. The summed E-state index contributed by atoms with van der Waals surface area (Å²) in [6, 6.07) is 9.13. The largest absolute Gasteiger partial charge is 0.310 e. The van der Waals surface area contributed by atoms with Gasteiger partial charge in [0.1, 0.15) is 0 Å². The summed E-state index contributed by atoms with van der Waals surface area (Å²) in [5.74, 6) is 0. The van der Waals surface area contributed by atoms with Crippen LogP contribution in [0, 0.1) is 0 Å². The molecule has 0 saturated carbocycles. The molecule has 0 spiro atoms. The summed E-state index contributed by atoms with van der Waals surface area (Å²) < 4.78 is 1.15. The lowest BCUT2D eigenvalue weighted by Gasteiger charge is -2.27. The monoisotopic (exact) mass is 211 g/mol. The summed E-state index contributed by atoms with van der Waals surface area (Å²) in [7, 11) is 0. The van der Waals surface area contributed by atoms with Gasteiger partial charge in [-0.1, -0.05) is 28.1 Å². The summed E-state index contributed by atoms with van der Waals surface area (Å²) in [6.45, 7) is 1.17. The van der Waals surface area contributed by atoms with Crippen molar-refractivity contribution in [3.63, 3.8) is 0 Å². The molecule has 1 N–H and O–H groups in total. The third-order valence-corrected chi connectivity index (χ3v) is 2.62. The Morgan fingerprint density at radius 1 is 1.27 bits per heavy atom. The van der Waals surface area contributed by atoms with Gasteiger partial charge in [0.25, 0.3) is 0 Å². The fourth-order valence-electron chi connectivity index (χ4n) is 1.27. The Balaban J connectivity index is 2.18. The Morgan fingerprint density at radius 2 is 1.91 bits per heavy atom. The van der Waals surface area contributed by atoms with Crippen molar-refractivity contribution in [2.75, 3.05) is 6.54 Å². The second-order valence-electron chi connectivity index (χ2n) is 2.85. The number of benzene rings is 1. The SMILES string of the molecule is Brc1ccc([C@H]2CCN2)cc1. The van der Waals surface area contributed by atoms with Crippen molar-refractivity contribution < 1.29 is 0 Å². The lowest BCUT2D eigenvalue weighted by atomic mass is 9.98. The minimum Gasteiger partial charge on any atom is -0.310 e. The highest BCUT2D eigenvalue weighted by molar-refractivity contribution is 9.10. The van der Waals surface area contributed by atoms with Gasteiger partial charge in [0.2, 0.25) is 0 Å². The normalized spacial score (nSPS) is 22.8. The first kappa shape index (κ1) is 7.32. The predicted molar refractivity (Wildman–Crippen MR) is 49.5 cm³/mol. The van der Waals surface area contributed by atoms with Crippen LogP contribution in [0.4, 0.5) is 0 Å². The molecule has 1 aliphatic heterocycles. The first-order valence-corrected chi connectivity index (χ1v) is 4.64. The van der Waals surface area contributed by atoms with E-state index in [1.807, 2.05) is 0 Å². The third kappa shape index (κ3) is 1.47. The molecule has 1 fully saturated rings. The molecule has 0 unspecified atom stereocenters. The summed E-state index contributed by atoms with van der Waals surface area (Å²) in [4.78, 5) is 0. The summed E-state index contributed by atoms with van der Waals surface area (Å²) in [6.07, 6.45) is 1.28. The molecule has 1 aromatic rings. The van der Waals surface area contributed by atoms with Crippen molar-refractivity contribution in [1.29, 1.82) is 0 Å². The van der Waals surface area contributed by atoms with E-state index in [9.17, 15) is 0 Å². The van der Waals surface area contributed by atoms with Crippen LogP contribution in [0.25, 0.3) is 0 Å². The van der Waals surface area contributed by atoms with Gasteiger partial charge in [0.15, 0.2) is 0 Å². The molecule has 2 rings (SSSR count). The average molecular weight is 212 g/mol. The zero-order valence-corrected chi connectivity index (χ0v) is 7.76. The molecule has 2 heteroatoms. The number of hydrogen-bond donors (Lipinski definition) is 1. The van der Waals surface area contributed by atoms with Crippen molar-refractivity contribution in [2.45, 2.75) is 12.5 Å². The summed E-state index contributed by atoms with van der Waals surface area (Å²) in [5, 5.41) is 3.37. The molecule has 0 aromatic heterocycles. The number of nitrogens with one attached hydrogen (secondary N) is 1. The fourth-order valence-corrected chi connectivity index (χ4v) is 1.53. The maximum absolute atomic E-state index is 3.41. The predicted octanol–water partition coefficient (Wildman–Crippen LogP) is 2.48. The van der Waals surface area contributed by atoms with Crippen LogP contribution < -0.4 is 5.32 Å². The zero-order valence-electron chi connectivity index (χ0n) is 6.18. The molecule has 1 saturated heterocycles. The minimum atomic E-state index is 0.614. The van der Waals surface area contributed by atoms with Gasteiger partial charge in [-0.25, -0.2) is 0 Å². The average Bonchev–Trinajstić information content (AvgIpc) is 1.90. The van der Waals surface area contributed by atoms with E-state index in [0.29, 0.717) is 6.04 Å². The summed E-state index contributed by atoms with van der Waals surface area (Å²) >= 11 is 3.41. The van der Waals surface area contributed by atoms with Gasteiger partial charge in [-0.3, -0.25) is 0 Å². The van der Waals surface area contributed by atoms with E-state index in [-0.39, 0.29) is 0 Å². The van der Waals surface area contributed by atoms with Crippen LogP contribution in [0.15, 0.2) is 28.7 Å². The highest BCUT2D eigenvalue weighted by Crippen LogP contribution is 2.23. The van der Waals surface area contributed by atoms with Crippen molar-refractivity contribution >= 4 is 15.9 Å². The van der Waals surface area contributed by atoms with Gasteiger partial charge >= 0.3 is 0 Å². The van der Waals surface area contributed by atoms with Crippen LogP contribution in [0.3, 0.4) is 0 Å². The highest BCUT2D eigenvalue weighted by Gasteiger charge is 2.17. The van der Waals surface area contributed by atoms with Gasteiger partial charge in [-0.15, -0.1) is 0 Å². The Hall–Kier alpha value is -0.340. The fraction of sp³-hybridized carbons (Fsp3) is 0.333. The molecule has 1 nitrogen and oxygen atoms in total. The Kier molecular flexibility index (Phi) is 1.96. The van der Waals surface area contributed by atoms with Gasteiger partial charge < -0.3 is 5.32 Å². The van der Waals surface area contributed by atoms with E-state index in [1.54, 1.807) is 0 Å². The zero-order chi connectivity index (χ0) is 7.68. The van der Waals surface area contributed by atoms with E-state index >= 15 is 0 Å². The van der Waals surface area contributed by atoms with E-state index in [1.165, 1.54) is 18.5 Å². The van der Waals surface area contributed by atoms with Crippen molar-refractivity contribution in [2.24, 2.45) is 0 Å². The molecule has 0 bridgehead atoms. The number of rotatable bonds is 1. The van der Waals surface area contributed by atoms with Gasteiger partial charge in [0, 0.05) is 10.5 Å². The molecule has 0 amide bonds. The number of halogens is 1. The van der Waals surface area contributed by atoms with Crippen LogP contribution in [-0.2, 0) is 0 Å². The Bertz CT molecular complexity index is 238. The standard InChI is InChI=1S/C9H10BrN/c10-8-3-1-7(2-4-8)9-5-6-11-9/h1-4,9,11H,5-6H2/t9-/m1/s1. The van der Waals surface area contributed by atoms with Gasteiger partial charge in [-0.2, -0.15) is 0 Å². The molecule has 1 aliphatic rings. The first-order valence-electron chi connectivity index (χ1n) is 3.85. The topological polar surface area (TPSA) is 12.0 Å². The van der Waals surface area contributed by atoms with Crippen molar-refractivity contribution in [1.82, 2.24) is 5.32 Å². The van der Waals surface area contributed by atoms with Crippen LogP contribution in [0.5, 0.6) is 0 Å². The molecule has 0 aliphatic carbocycles. The van der Waals surface area contributed by atoms with E-state index < -0.39 is 0 Å². The van der Waals surface area contributed by atoms with Crippen molar-refractivity contribution in [3.05, 3.63) is 34.3 Å². The van der Waals surface area contributed by atoms with Crippen LogP contribution in [0.1, 0.15) is 18.0 Å². The lowest BCUT2D eigenvalue weighted by Crippen LogP contribution is -2.34. The van der Waals surface area contributed by atoms with Crippen LogP contribution in [0.2, 0.25) is 0 Å². The second kappa shape index (κ2) is 2.95. The van der Waals surface area contributed by atoms with Crippen molar-refractivity contribution in [3.8, 4) is 0 Å². The first-order chi connectivity index (χ1) is 5.36. The highest BCUT2D eigenvalue weighted by atomic mass is 79.9.